The topological polar surface area (TPSA) is 60.7 Å². The van der Waals surface area contributed by atoms with Crippen molar-refractivity contribution in [2.24, 2.45) is 12.0 Å². The van der Waals surface area contributed by atoms with Gasteiger partial charge in [-0.1, -0.05) is 34.5 Å². The van der Waals surface area contributed by atoms with Gasteiger partial charge in [0.1, 0.15) is 4.34 Å². The molecule has 0 bridgehead atoms. The summed E-state index contributed by atoms with van der Waals surface area (Å²) in [5.74, 6) is -0.837. The third kappa shape index (κ3) is 3.64. The normalized spacial score (nSPS) is 11.9. The molecule has 0 fully saturated rings. The number of amides is 1. The lowest BCUT2D eigenvalue weighted by Crippen LogP contribution is -2.13. The van der Waals surface area contributed by atoms with E-state index in [2.05, 4.69) is 4.99 Å². The van der Waals surface area contributed by atoms with Crippen LogP contribution in [0, 0.1) is 0 Å². The standard InChI is InChI=1S/C16H12Cl2N2O3S2/c1-3-23-15(22)8-4-5-10-11(6-8)24-16(20(10)2)19-14(21)9-7-12(17)25-13(9)18/h4-7H,3H2,1-2H3. The number of nitrogens with zero attached hydrogens (tertiary/aromatic N) is 2. The number of carbonyl (C=O) groups excluding carboxylic acids is 2. The first-order valence-electron chi connectivity index (χ1n) is 7.21. The molecule has 3 aromatic rings. The van der Waals surface area contributed by atoms with Gasteiger partial charge in [0.05, 0.1) is 32.3 Å². The van der Waals surface area contributed by atoms with Crippen molar-refractivity contribution in [1.82, 2.24) is 4.57 Å². The van der Waals surface area contributed by atoms with Crippen molar-refractivity contribution >= 4 is 68.0 Å². The fourth-order valence-corrected chi connectivity index (χ4v) is 4.72. The Balaban J connectivity index is 2.05. The minimum atomic E-state index is -0.457. The minimum Gasteiger partial charge on any atom is -0.462 e. The quantitative estimate of drug-likeness (QED) is 0.591. The number of aryl methyl sites for hydroxylation is 1. The molecule has 9 heteroatoms. The lowest BCUT2D eigenvalue weighted by Gasteiger charge is -2.01. The number of thiazole rings is 1. The highest BCUT2D eigenvalue weighted by atomic mass is 35.5. The van der Waals surface area contributed by atoms with Gasteiger partial charge < -0.3 is 9.30 Å². The lowest BCUT2D eigenvalue weighted by molar-refractivity contribution is 0.0526. The van der Waals surface area contributed by atoms with Crippen LogP contribution >= 0.6 is 45.9 Å². The molecule has 0 radical (unpaired) electrons. The highest BCUT2D eigenvalue weighted by Crippen LogP contribution is 2.31. The molecule has 0 spiro atoms. The van der Waals surface area contributed by atoms with Crippen molar-refractivity contribution in [3.05, 3.63) is 48.9 Å². The molecular formula is C16H12Cl2N2O3S2. The third-order valence-electron chi connectivity index (χ3n) is 3.40. The fraction of sp³-hybridized carbons (Fsp3) is 0.188. The number of esters is 1. The Hall–Kier alpha value is -1.67. The molecule has 0 atom stereocenters. The number of halogens is 2. The van der Waals surface area contributed by atoms with E-state index in [0.29, 0.717) is 25.6 Å². The summed E-state index contributed by atoms with van der Waals surface area (Å²) in [4.78, 5) is 28.8. The first kappa shape index (κ1) is 18.1. The number of aromatic nitrogens is 1. The molecule has 0 aliphatic heterocycles. The predicted octanol–water partition coefficient (Wildman–Crippen LogP) is 4.53. The number of rotatable bonds is 3. The Morgan fingerprint density at radius 2 is 2.00 bits per heavy atom. The van der Waals surface area contributed by atoms with Crippen LogP contribution in [0.4, 0.5) is 0 Å². The average molecular weight is 415 g/mol. The van der Waals surface area contributed by atoms with Gasteiger partial charge in [-0.25, -0.2) is 4.79 Å². The van der Waals surface area contributed by atoms with E-state index in [4.69, 9.17) is 27.9 Å². The first-order valence-corrected chi connectivity index (χ1v) is 9.60. The third-order valence-corrected chi connectivity index (χ3v) is 5.99. The highest BCUT2D eigenvalue weighted by molar-refractivity contribution is 7.20. The Morgan fingerprint density at radius 1 is 1.24 bits per heavy atom. The molecule has 1 aromatic carbocycles. The monoisotopic (exact) mass is 414 g/mol. The minimum absolute atomic E-state index is 0.279. The maximum Gasteiger partial charge on any atom is 0.338 e. The number of thiophene rings is 1. The molecular weight excluding hydrogens is 403 g/mol. The summed E-state index contributed by atoms with van der Waals surface area (Å²) in [6.07, 6.45) is 0. The van der Waals surface area contributed by atoms with Crippen molar-refractivity contribution in [2.45, 2.75) is 6.92 Å². The van der Waals surface area contributed by atoms with Crippen molar-refractivity contribution < 1.29 is 14.3 Å². The molecule has 2 aromatic heterocycles. The highest BCUT2D eigenvalue weighted by Gasteiger charge is 2.15. The number of fused-ring (bicyclic) bond motifs is 1. The van der Waals surface area contributed by atoms with E-state index in [-0.39, 0.29) is 11.5 Å². The van der Waals surface area contributed by atoms with Gasteiger partial charge in [0, 0.05) is 7.05 Å². The first-order chi connectivity index (χ1) is 11.9. The summed E-state index contributed by atoms with van der Waals surface area (Å²) < 4.78 is 8.37. The second-order valence-corrected chi connectivity index (χ2v) is 8.30. The molecule has 0 N–H and O–H groups in total. The summed E-state index contributed by atoms with van der Waals surface area (Å²) in [7, 11) is 1.80. The van der Waals surface area contributed by atoms with E-state index < -0.39 is 5.91 Å². The molecule has 0 aliphatic rings. The van der Waals surface area contributed by atoms with Gasteiger partial charge in [0.2, 0.25) is 0 Å². The van der Waals surface area contributed by atoms with Gasteiger partial charge in [0.25, 0.3) is 5.91 Å². The van der Waals surface area contributed by atoms with Crippen LogP contribution in [0.2, 0.25) is 8.67 Å². The maximum atomic E-state index is 12.4. The van der Waals surface area contributed by atoms with Crippen LogP contribution in [-0.2, 0) is 11.8 Å². The van der Waals surface area contributed by atoms with E-state index in [1.807, 2.05) is 0 Å². The van der Waals surface area contributed by atoms with Crippen LogP contribution in [0.3, 0.4) is 0 Å². The van der Waals surface area contributed by atoms with Crippen LogP contribution in [0.5, 0.6) is 0 Å². The van der Waals surface area contributed by atoms with Crippen molar-refractivity contribution in [1.29, 1.82) is 0 Å². The van der Waals surface area contributed by atoms with Gasteiger partial charge >= 0.3 is 5.97 Å². The molecule has 3 rings (SSSR count). The number of benzene rings is 1. The van der Waals surface area contributed by atoms with Crippen LogP contribution in [-0.4, -0.2) is 23.1 Å². The molecule has 0 saturated carbocycles. The van der Waals surface area contributed by atoms with Crippen molar-refractivity contribution in [3.8, 4) is 0 Å². The van der Waals surface area contributed by atoms with Crippen LogP contribution in [0.25, 0.3) is 10.2 Å². The van der Waals surface area contributed by atoms with Crippen LogP contribution < -0.4 is 4.80 Å². The molecule has 1 amide bonds. The Kier molecular flexibility index (Phi) is 5.29. The second-order valence-electron chi connectivity index (χ2n) is 5.00. The van der Waals surface area contributed by atoms with Gasteiger partial charge in [-0.3, -0.25) is 4.79 Å². The molecule has 2 heterocycles. The van der Waals surface area contributed by atoms with Gasteiger partial charge in [-0.2, -0.15) is 4.99 Å². The van der Waals surface area contributed by atoms with Gasteiger partial charge in [-0.05, 0) is 31.2 Å². The van der Waals surface area contributed by atoms with Gasteiger partial charge in [0.15, 0.2) is 4.80 Å². The number of carbonyl (C=O) groups is 2. The molecule has 25 heavy (non-hydrogen) atoms. The summed E-state index contributed by atoms with van der Waals surface area (Å²) in [5.41, 5.74) is 1.60. The average Bonchev–Trinajstić information content (AvgIpc) is 3.06. The van der Waals surface area contributed by atoms with E-state index in [1.165, 1.54) is 17.4 Å². The zero-order chi connectivity index (χ0) is 18.1. The summed E-state index contributed by atoms with van der Waals surface area (Å²) in [6, 6.07) is 6.73. The van der Waals surface area contributed by atoms with Crippen molar-refractivity contribution in [2.75, 3.05) is 6.61 Å². The van der Waals surface area contributed by atoms with Crippen LogP contribution in [0.1, 0.15) is 27.6 Å². The zero-order valence-corrected chi connectivity index (χ0v) is 16.4. The fourth-order valence-electron chi connectivity index (χ4n) is 2.22. The zero-order valence-electron chi connectivity index (χ0n) is 13.2. The smallest absolute Gasteiger partial charge is 0.338 e. The molecule has 0 aliphatic carbocycles. The van der Waals surface area contributed by atoms with E-state index >= 15 is 0 Å². The maximum absolute atomic E-state index is 12.4. The number of hydrogen-bond donors (Lipinski definition) is 0. The summed E-state index contributed by atoms with van der Waals surface area (Å²) >= 11 is 14.3. The summed E-state index contributed by atoms with van der Waals surface area (Å²) in [6.45, 7) is 2.07. The SMILES string of the molecule is CCOC(=O)c1ccc2c(c1)sc(=NC(=O)c1cc(Cl)sc1Cl)n2C. The molecule has 5 nitrogen and oxygen atoms in total. The van der Waals surface area contributed by atoms with Crippen LogP contribution in [0.15, 0.2) is 29.3 Å². The summed E-state index contributed by atoms with van der Waals surface area (Å²) in [5, 5.41) is 0. The van der Waals surface area contributed by atoms with Gasteiger partial charge in [-0.15, -0.1) is 11.3 Å². The van der Waals surface area contributed by atoms with E-state index in [0.717, 1.165) is 21.6 Å². The molecule has 130 valence electrons. The van der Waals surface area contributed by atoms with Crippen molar-refractivity contribution in [3.63, 3.8) is 0 Å². The number of ether oxygens (including phenoxy) is 1. The Morgan fingerprint density at radius 3 is 2.64 bits per heavy atom. The number of hydrogen-bond acceptors (Lipinski definition) is 5. The second kappa shape index (κ2) is 7.29. The molecule has 0 unspecified atom stereocenters. The van der Waals surface area contributed by atoms with E-state index in [9.17, 15) is 9.59 Å². The Labute approximate surface area is 161 Å². The molecule has 0 saturated heterocycles. The largest absolute Gasteiger partial charge is 0.462 e. The Bertz CT molecular complexity index is 1050. The lowest BCUT2D eigenvalue weighted by atomic mass is 10.2. The van der Waals surface area contributed by atoms with E-state index in [1.54, 1.807) is 36.7 Å². The predicted molar refractivity (Wildman–Crippen MR) is 101 cm³/mol.